The van der Waals surface area contributed by atoms with E-state index in [0.29, 0.717) is 17.2 Å². The molecule has 1 aromatic carbocycles. The second-order valence-corrected chi connectivity index (χ2v) is 5.85. The molecule has 0 radical (unpaired) electrons. The predicted octanol–water partition coefficient (Wildman–Crippen LogP) is 2.32. The van der Waals surface area contributed by atoms with Gasteiger partial charge in [-0.15, -0.1) is 0 Å². The van der Waals surface area contributed by atoms with Crippen molar-refractivity contribution in [3.8, 4) is 0 Å². The summed E-state index contributed by atoms with van der Waals surface area (Å²) in [5, 5.41) is 0. The fourth-order valence-electron chi connectivity index (χ4n) is 2.57. The van der Waals surface area contributed by atoms with Crippen LogP contribution in [0.4, 0.5) is 0 Å². The first-order valence-corrected chi connectivity index (χ1v) is 7.18. The van der Waals surface area contributed by atoms with Crippen LogP contribution in [0.1, 0.15) is 30.9 Å². The van der Waals surface area contributed by atoms with E-state index in [0.717, 1.165) is 18.7 Å². The summed E-state index contributed by atoms with van der Waals surface area (Å²) in [5.41, 5.74) is 7.83. The molecule has 2 N–H and O–H groups in total. The first-order chi connectivity index (χ1) is 9.04. The summed E-state index contributed by atoms with van der Waals surface area (Å²) in [5.74, 6) is 0. The van der Waals surface area contributed by atoms with Crippen LogP contribution in [-0.2, 0) is 11.3 Å². The Bertz CT molecular complexity index is 450. The zero-order valence-electron chi connectivity index (χ0n) is 11.6. The maximum absolute atomic E-state index is 5.85. The topological polar surface area (TPSA) is 38.5 Å². The minimum absolute atomic E-state index is 0.374. The molecule has 0 aromatic heterocycles. The summed E-state index contributed by atoms with van der Waals surface area (Å²) in [7, 11) is 2.12. The van der Waals surface area contributed by atoms with Gasteiger partial charge in [-0.05, 0) is 38.4 Å². The molecule has 104 valence electrons. The highest BCUT2D eigenvalue weighted by Gasteiger charge is 2.22. The van der Waals surface area contributed by atoms with Crippen molar-refractivity contribution in [1.29, 1.82) is 0 Å². The SMILES string of the molecule is CC1CCC(CN(C)Cc2cccc(C(N)=S)c2)O1. The Morgan fingerprint density at radius 2 is 2.26 bits per heavy atom. The van der Waals surface area contributed by atoms with Crippen LogP contribution in [0.25, 0.3) is 0 Å². The molecule has 4 heteroatoms. The Kier molecular flexibility index (Phi) is 4.91. The van der Waals surface area contributed by atoms with Crippen LogP contribution in [0.5, 0.6) is 0 Å². The summed E-state index contributed by atoms with van der Waals surface area (Å²) in [6.45, 7) is 4.01. The van der Waals surface area contributed by atoms with Crippen molar-refractivity contribution in [2.24, 2.45) is 5.73 Å². The Morgan fingerprint density at radius 3 is 2.89 bits per heavy atom. The number of hydrogen-bond donors (Lipinski definition) is 1. The van der Waals surface area contributed by atoms with Crippen molar-refractivity contribution in [3.63, 3.8) is 0 Å². The second-order valence-electron chi connectivity index (χ2n) is 5.41. The molecule has 19 heavy (non-hydrogen) atoms. The van der Waals surface area contributed by atoms with Gasteiger partial charge in [0.2, 0.25) is 0 Å². The van der Waals surface area contributed by atoms with Crippen LogP contribution >= 0.6 is 12.2 Å². The van der Waals surface area contributed by atoms with E-state index in [2.05, 4.69) is 31.0 Å². The van der Waals surface area contributed by atoms with Gasteiger partial charge >= 0.3 is 0 Å². The molecule has 2 unspecified atom stereocenters. The molecule has 0 aliphatic carbocycles. The van der Waals surface area contributed by atoms with Gasteiger partial charge in [0.05, 0.1) is 12.2 Å². The summed E-state index contributed by atoms with van der Waals surface area (Å²) < 4.78 is 5.85. The first-order valence-electron chi connectivity index (χ1n) is 6.77. The molecule has 1 saturated heterocycles. The third-order valence-corrected chi connectivity index (χ3v) is 3.73. The van der Waals surface area contributed by atoms with E-state index in [9.17, 15) is 0 Å². The van der Waals surface area contributed by atoms with E-state index < -0.39 is 0 Å². The van der Waals surface area contributed by atoms with E-state index in [-0.39, 0.29) is 0 Å². The molecular weight excluding hydrogens is 256 g/mol. The number of benzene rings is 1. The lowest BCUT2D eigenvalue weighted by molar-refractivity contribution is 0.0352. The molecule has 1 aromatic rings. The molecule has 1 heterocycles. The maximum atomic E-state index is 5.85. The van der Waals surface area contributed by atoms with E-state index in [4.69, 9.17) is 22.7 Å². The van der Waals surface area contributed by atoms with Crippen LogP contribution in [0.3, 0.4) is 0 Å². The van der Waals surface area contributed by atoms with Crippen LogP contribution in [0.2, 0.25) is 0 Å². The fourth-order valence-corrected chi connectivity index (χ4v) is 2.69. The largest absolute Gasteiger partial charge is 0.389 e. The Labute approximate surface area is 120 Å². The minimum Gasteiger partial charge on any atom is -0.389 e. The van der Waals surface area contributed by atoms with Crippen LogP contribution in [0, 0.1) is 0 Å². The number of hydrogen-bond acceptors (Lipinski definition) is 3. The third-order valence-electron chi connectivity index (χ3n) is 3.50. The molecular formula is C15H22N2OS. The average Bonchev–Trinajstić information content (AvgIpc) is 2.74. The third kappa shape index (κ3) is 4.27. The summed E-state index contributed by atoms with van der Waals surface area (Å²) in [6, 6.07) is 8.13. The number of rotatable bonds is 5. The van der Waals surface area contributed by atoms with Gasteiger partial charge in [-0.25, -0.2) is 0 Å². The van der Waals surface area contributed by atoms with Gasteiger partial charge in [-0.1, -0.05) is 30.4 Å². The van der Waals surface area contributed by atoms with Crippen LogP contribution in [0.15, 0.2) is 24.3 Å². The van der Waals surface area contributed by atoms with Gasteiger partial charge in [0.25, 0.3) is 0 Å². The molecule has 3 nitrogen and oxygen atoms in total. The van der Waals surface area contributed by atoms with Crippen molar-refractivity contribution < 1.29 is 4.74 Å². The molecule has 0 bridgehead atoms. The Balaban J connectivity index is 1.89. The van der Waals surface area contributed by atoms with Gasteiger partial charge in [0, 0.05) is 18.7 Å². The quantitative estimate of drug-likeness (QED) is 0.839. The van der Waals surface area contributed by atoms with Crippen molar-refractivity contribution in [2.45, 2.75) is 38.5 Å². The molecule has 0 saturated carbocycles. The van der Waals surface area contributed by atoms with Gasteiger partial charge < -0.3 is 10.5 Å². The highest BCUT2D eigenvalue weighted by Crippen LogP contribution is 2.20. The lowest BCUT2D eigenvalue weighted by Crippen LogP contribution is -2.29. The second kappa shape index (κ2) is 6.46. The number of nitrogens with zero attached hydrogens (tertiary/aromatic N) is 1. The standard InChI is InChI=1S/C15H22N2OS/c1-11-6-7-14(18-11)10-17(2)9-12-4-3-5-13(8-12)15(16)19/h3-5,8,11,14H,6-7,9-10H2,1-2H3,(H2,16,19). The number of likely N-dealkylation sites (N-methyl/N-ethyl adjacent to an activating group) is 1. The fraction of sp³-hybridized carbons (Fsp3) is 0.533. The Hall–Kier alpha value is -0.970. The highest BCUT2D eigenvalue weighted by molar-refractivity contribution is 7.80. The van der Waals surface area contributed by atoms with Crippen LogP contribution < -0.4 is 5.73 Å². The van der Waals surface area contributed by atoms with Gasteiger partial charge in [-0.3, -0.25) is 4.90 Å². The number of nitrogens with two attached hydrogens (primary N) is 1. The molecule has 0 amide bonds. The average molecular weight is 278 g/mol. The summed E-state index contributed by atoms with van der Waals surface area (Å²) >= 11 is 5.01. The molecule has 2 rings (SSSR count). The molecule has 2 atom stereocenters. The monoisotopic (exact) mass is 278 g/mol. The van der Waals surface area contributed by atoms with Crippen LogP contribution in [-0.4, -0.2) is 35.7 Å². The lowest BCUT2D eigenvalue weighted by atomic mass is 10.1. The zero-order chi connectivity index (χ0) is 13.8. The number of ether oxygens (including phenoxy) is 1. The predicted molar refractivity (Wildman–Crippen MR) is 82.2 cm³/mol. The molecule has 1 aliphatic rings. The van der Waals surface area contributed by atoms with E-state index >= 15 is 0 Å². The smallest absolute Gasteiger partial charge is 0.103 e. The number of thiocarbonyl (C=S) groups is 1. The maximum Gasteiger partial charge on any atom is 0.103 e. The zero-order valence-corrected chi connectivity index (χ0v) is 12.5. The van der Waals surface area contributed by atoms with Crippen molar-refractivity contribution in [3.05, 3.63) is 35.4 Å². The normalized spacial score (nSPS) is 22.9. The lowest BCUT2D eigenvalue weighted by Gasteiger charge is -2.21. The van der Waals surface area contributed by atoms with Gasteiger partial charge in [0.15, 0.2) is 0 Å². The highest BCUT2D eigenvalue weighted by atomic mass is 32.1. The summed E-state index contributed by atoms with van der Waals surface area (Å²) in [4.78, 5) is 2.75. The van der Waals surface area contributed by atoms with Crippen molar-refractivity contribution >= 4 is 17.2 Å². The molecule has 1 fully saturated rings. The van der Waals surface area contributed by atoms with Gasteiger partial charge in [-0.2, -0.15) is 0 Å². The Morgan fingerprint density at radius 1 is 1.47 bits per heavy atom. The molecule has 0 spiro atoms. The summed E-state index contributed by atoms with van der Waals surface area (Å²) in [6.07, 6.45) is 3.13. The van der Waals surface area contributed by atoms with E-state index in [1.807, 2.05) is 12.1 Å². The molecule has 1 aliphatic heterocycles. The van der Waals surface area contributed by atoms with E-state index in [1.54, 1.807) is 0 Å². The van der Waals surface area contributed by atoms with E-state index in [1.165, 1.54) is 18.4 Å². The minimum atomic E-state index is 0.374. The van der Waals surface area contributed by atoms with Crippen molar-refractivity contribution in [2.75, 3.05) is 13.6 Å². The van der Waals surface area contributed by atoms with Gasteiger partial charge in [0.1, 0.15) is 4.99 Å². The first kappa shape index (κ1) is 14.4. The van der Waals surface area contributed by atoms with Crippen molar-refractivity contribution in [1.82, 2.24) is 4.90 Å².